The predicted octanol–water partition coefficient (Wildman–Crippen LogP) is 1.05. The lowest BCUT2D eigenvalue weighted by Crippen LogP contribution is -2.12. The molecular weight excluding hydrogens is 100 g/mol. The van der Waals surface area contributed by atoms with Crippen LogP contribution in [-0.4, -0.2) is 5.84 Å². The van der Waals surface area contributed by atoms with Crippen LogP contribution in [-0.2, 0) is 0 Å². The summed E-state index contributed by atoms with van der Waals surface area (Å²) in [5, 5.41) is 6.85. The molecule has 0 saturated carbocycles. The van der Waals surface area contributed by atoms with Gasteiger partial charge in [0.05, 0.1) is 0 Å². The molecule has 0 radical (unpaired) electrons. The zero-order valence-electron chi connectivity index (χ0n) is 4.99. The van der Waals surface area contributed by atoms with Gasteiger partial charge in [-0.25, -0.2) is 0 Å². The van der Waals surface area contributed by atoms with E-state index in [2.05, 4.69) is 13.2 Å². The highest BCUT2D eigenvalue weighted by atomic mass is 14.7. The third-order valence-corrected chi connectivity index (χ3v) is 0.840. The monoisotopic (exact) mass is 110 g/mol. The second kappa shape index (κ2) is 2.31. The van der Waals surface area contributed by atoms with Crippen LogP contribution in [0.15, 0.2) is 24.3 Å². The van der Waals surface area contributed by atoms with Crippen molar-refractivity contribution in [3.05, 3.63) is 24.3 Å². The molecule has 0 aromatic carbocycles. The van der Waals surface area contributed by atoms with Gasteiger partial charge >= 0.3 is 0 Å². The molecule has 0 bridgehead atoms. The van der Waals surface area contributed by atoms with Crippen LogP contribution in [0.1, 0.15) is 6.92 Å². The van der Waals surface area contributed by atoms with Gasteiger partial charge in [-0.05, 0) is 12.5 Å². The Labute approximate surface area is 49.2 Å². The van der Waals surface area contributed by atoms with E-state index in [9.17, 15) is 0 Å². The fourth-order valence-electron chi connectivity index (χ4n) is 0.230. The van der Waals surface area contributed by atoms with Crippen molar-refractivity contribution in [3.63, 3.8) is 0 Å². The number of amidine groups is 1. The highest BCUT2D eigenvalue weighted by molar-refractivity contribution is 5.97. The molecule has 0 aliphatic rings. The minimum absolute atomic E-state index is 0.00231. The number of nitrogens with two attached hydrogens (primary N) is 1. The summed E-state index contributed by atoms with van der Waals surface area (Å²) in [6, 6.07) is 0. The molecule has 0 heterocycles. The van der Waals surface area contributed by atoms with Crippen LogP contribution in [0, 0.1) is 5.41 Å². The Balaban J connectivity index is 4.05. The van der Waals surface area contributed by atoms with Crippen molar-refractivity contribution in [1.82, 2.24) is 0 Å². The molecule has 2 heteroatoms. The molecule has 0 fully saturated rings. The average Bonchev–Trinajstić information content (AvgIpc) is 1.64. The number of nitrogens with one attached hydrogen (secondary N) is 1. The van der Waals surface area contributed by atoms with Crippen molar-refractivity contribution < 1.29 is 0 Å². The summed E-state index contributed by atoms with van der Waals surface area (Å²) in [6.07, 6.45) is 0. The lowest BCUT2D eigenvalue weighted by atomic mass is 10.1. The molecule has 8 heavy (non-hydrogen) atoms. The van der Waals surface area contributed by atoms with Gasteiger partial charge in [0.1, 0.15) is 5.84 Å². The third-order valence-electron chi connectivity index (χ3n) is 0.840. The van der Waals surface area contributed by atoms with Crippen LogP contribution in [0.3, 0.4) is 0 Å². The molecule has 0 aliphatic carbocycles. The predicted molar refractivity (Wildman–Crippen MR) is 35.9 cm³/mol. The quantitative estimate of drug-likeness (QED) is 0.311. The molecule has 0 unspecified atom stereocenters. The van der Waals surface area contributed by atoms with Gasteiger partial charge in [0, 0.05) is 5.57 Å². The van der Waals surface area contributed by atoms with Gasteiger partial charge in [0.15, 0.2) is 0 Å². The van der Waals surface area contributed by atoms with Crippen LogP contribution < -0.4 is 5.73 Å². The zero-order chi connectivity index (χ0) is 6.73. The van der Waals surface area contributed by atoms with Gasteiger partial charge in [-0.3, -0.25) is 5.41 Å². The van der Waals surface area contributed by atoms with Crippen LogP contribution in [0.2, 0.25) is 0 Å². The van der Waals surface area contributed by atoms with Crippen LogP contribution in [0.25, 0.3) is 0 Å². The maximum Gasteiger partial charge on any atom is 0.122 e. The molecule has 0 rings (SSSR count). The molecule has 0 amide bonds. The fraction of sp³-hybridized carbons (Fsp3) is 0.167. The summed E-state index contributed by atoms with van der Waals surface area (Å²) in [7, 11) is 0. The van der Waals surface area contributed by atoms with Gasteiger partial charge in [-0.15, -0.1) is 0 Å². The molecule has 3 N–H and O–H groups in total. The Bertz CT molecular complexity index is 129. The maximum atomic E-state index is 6.85. The second-order valence-corrected chi connectivity index (χ2v) is 1.67. The van der Waals surface area contributed by atoms with E-state index >= 15 is 0 Å². The standard InChI is InChI=1S/C6H10N2/c1-4(2)5(3)6(7)8/h1,3H2,2H3,(H3,7,8). The fourth-order valence-corrected chi connectivity index (χ4v) is 0.230. The first kappa shape index (κ1) is 6.95. The number of rotatable bonds is 2. The lowest BCUT2D eigenvalue weighted by Gasteiger charge is -1.98. The Morgan fingerprint density at radius 3 is 1.88 bits per heavy atom. The van der Waals surface area contributed by atoms with Crippen molar-refractivity contribution in [2.75, 3.05) is 0 Å². The van der Waals surface area contributed by atoms with Gasteiger partial charge in [-0.2, -0.15) is 0 Å². The van der Waals surface area contributed by atoms with E-state index in [1.807, 2.05) is 0 Å². The molecule has 0 aromatic heterocycles. The zero-order valence-corrected chi connectivity index (χ0v) is 4.99. The summed E-state index contributed by atoms with van der Waals surface area (Å²) in [6.45, 7) is 8.83. The molecule has 0 aliphatic heterocycles. The average molecular weight is 110 g/mol. The summed E-state index contributed by atoms with van der Waals surface area (Å²) < 4.78 is 0. The van der Waals surface area contributed by atoms with E-state index in [0.717, 1.165) is 5.57 Å². The van der Waals surface area contributed by atoms with Crippen molar-refractivity contribution >= 4 is 5.84 Å². The Kier molecular flexibility index (Phi) is 2.00. The molecule has 2 nitrogen and oxygen atoms in total. The minimum Gasteiger partial charge on any atom is -0.384 e. The lowest BCUT2D eigenvalue weighted by molar-refractivity contribution is 1.39. The molecule has 0 spiro atoms. The van der Waals surface area contributed by atoms with E-state index < -0.39 is 0 Å². The topological polar surface area (TPSA) is 49.9 Å². The van der Waals surface area contributed by atoms with Crippen molar-refractivity contribution in [2.24, 2.45) is 5.73 Å². The number of hydrogen-bond acceptors (Lipinski definition) is 1. The summed E-state index contributed by atoms with van der Waals surface area (Å²) in [5.41, 5.74) is 6.33. The number of hydrogen-bond donors (Lipinski definition) is 2. The minimum atomic E-state index is -0.00231. The first-order valence-electron chi connectivity index (χ1n) is 2.25. The summed E-state index contributed by atoms with van der Waals surface area (Å²) in [5.74, 6) is -0.00231. The highest BCUT2D eigenvalue weighted by Crippen LogP contribution is 2.00. The summed E-state index contributed by atoms with van der Waals surface area (Å²) in [4.78, 5) is 0. The highest BCUT2D eigenvalue weighted by Gasteiger charge is 1.94. The summed E-state index contributed by atoms with van der Waals surface area (Å²) >= 11 is 0. The van der Waals surface area contributed by atoms with E-state index in [1.165, 1.54) is 0 Å². The largest absolute Gasteiger partial charge is 0.384 e. The Morgan fingerprint density at radius 2 is 1.88 bits per heavy atom. The molecular formula is C6H10N2. The van der Waals surface area contributed by atoms with Crippen LogP contribution >= 0.6 is 0 Å². The van der Waals surface area contributed by atoms with Gasteiger partial charge in [0.2, 0.25) is 0 Å². The Morgan fingerprint density at radius 1 is 1.50 bits per heavy atom. The normalized spacial score (nSPS) is 8.12. The SMILES string of the molecule is C=C(C)C(=C)C(=N)N. The third kappa shape index (κ3) is 1.60. The van der Waals surface area contributed by atoms with E-state index in [0.29, 0.717) is 5.57 Å². The van der Waals surface area contributed by atoms with Crippen LogP contribution in [0.5, 0.6) is 0 Å². The Hall–Kier alpha value is -1.05. The van der Waals surface area contributed by atoms with Crippen molar-refractivity contribution in [1.29, 1.82) is 5.41 Å². The first-order valence-corrected chi connectivity index (χ1v) is 2.25. The smallest absolute Gasteiger partial charge is 0.122 e. The molecule has 0 atom stereocenters. The molecule has 0 saturated heterocycles. The maximum absolute atomic E-state index is 6.85. The molecule has 44 valence electrons. The van der Waals surface area contributed by atoms with E-state index in [-0.39, 0.29) is 5.84 Å². The van der Waals surface area contributed by atoms with Crippen molar-refractivity contribution in [2.45, 2.75) is 6.92 Å². The van der Waals surface area contributed by atoms with Gasteiger partial charge in [0.25, 0.3) is 0 Å². The van der Waals surface area contributed by atoms with E-state index in [1.54, 1.807) is 6.92 Å². The van der Waals surface area contributed by atoms with E-state index in [4.69, 9.17) is 11.1 Å². The van der Waals surface area contributed by atoms with Gasteiger partial charge < -0.3 is 5.73 Å². The van der Waals surface area contributed by atoms with Crippen LogP contribution in [0.4, 0.5) is 0 Å². The molecule has 0 aromatic rings. The van der Waals surface area contributed by atoms with Gasteiger partial charge in [-0.1, -0.05) is 13.2 Å². The first-order chi connectivity index (χ1) is 3.55. The second-order valence-electron chi connectivity index (χ2n) is 1.67. The van der Waals surface area contributed by atoms with Crippen molar-refractivity contribution in [3.8, 4) is 0 Å².